The first kappa shape index (κ1) is 11.6. The molecule has 0 amide bonds. The summed E-state index contributed by atoms with van der Waals surface area (Å²) in [4.78, 5) is 12.2. The van der Waals surface area contributed by atoms with E-state index in [2.05, 4.69) is 15.3 Å². The molecule has 7 heteroatoms. The smallest absolute Gasteiger partial charge is 0.310 e. The number of aryl methyl sites for hydroxylation is 1. The van der Waals surface area contributed by atoms with Crippen molar-refractivity contribution in [3.8, 4) is 0 Å². The number of carboxylic acid groups (broad SMARTS) is 1. The normalized spacial score (nSPS) is 18.5. The Labute approximate surface area is 108 Å². The molecule has 1 N–H and O–H groups in total. The highest BCUT2D eigenvalue weighted by Crippen LogP contribution is 2.41. The Morgan fingerprint density at radius 3 is 2.78 bits per heavy atom. The lowest BCUT2D eigenvalue weighted by atomic mass is 9.83. The van der Waals surface area contributed by atoms with Crippen LogP contribution < -0.4 is 0 Å². The highest BCUT2D eigenvalue weighted by Gasteiger charge is 2.42. The van der Waals surface area contributed by atoms with Crippen LogP contribution in [0.15, 0.2) is 0 Å². The zero-order valence-corrected chi connectivity index (χ0v) is 10.9. The summed E-state index contributed by atoms with van der Waals surface area (Å²) in [5, 5.41) is 22.6. The molecule has 2 aromatic rings. The van der Waals surface area contributed by atoms with Crippen molar-refractivity contribution in [2.24, 2.45) is 5.41 Å². The average molecular weight is 266 g/mol. The van der Waals surface area contributed by atoms with Crippen LogP contribution in [0.2, 0.25) is 0 Å². The minimum atomic E-state index is -0.692. The van der Waals surface area contributed by atoms with Crippen LogP contribution in [-0.2, 0) is 11.2 Å². The number of fused-ring (bicyclic) bond motifs is 1. The first-order valence-corrected chi connectivity index (χ1v) is 6.83. The second kappa shape index (κ2) is 4.01. The number of aromatic nitrogens is 4. The maximum absolute atomic E-state index is 11.5. The van der Waals surface area contributed by atoms with E-state index >= 15 is 0 Å². The Morgan fingerprint density at radius 1 is 1.44 bits per heavy atom. The van der Waals surface area contributed by atoms with Gasteiger partial charge in [-0.15, -0.1) is 10.2 Å². The lowest BCUT2D eigenvalue weighted by Gasteiger charge is -2.21. The van der Waals surface area contributed by atoms with Gasteiger partial charge in [-0.3, -0.25) is 4.79 Å². The fourth-order valence-corrected chi connectivity index (χ4v) is 3.66. The first-order valence-electron chi connectivity index (χ1n) is 6.02. The number of rotatable bonds is 3. The predicted octanol–water partition coefficient (Wildman–Crippen LogP) is 1.68. The summed E-state index contributed by atoms with van der Waals surface area (Å²) >= 11 is 1.44. The summed E-state index contributed by atoms with van der Waals surface area (Å²) in [5.74, 6) is 0.0472. The molecule has 6 nitrogen and oxygen atoms in total. The number of aliphatic carboxylic acids is 1. The maximum Gasteiger partial charge on any atom is 0.310 e. The van der Waals surface area contributed by atoms with Gasteiger partial charge in [0.1, 0.15) is 5.01 Å². The van der Waals surface area contributed by atoms with Crippen molar-refractivity contribution in [1.29, 1.82) is 0 Å². The predicted molar refractivity (Wildman–Crippen MR) is 65.6 cm³/mol. The molecule has 0 bridgehead atoms. The van der Waals surface area contributed by atoms with Crippen molar-refractivity contribution in [2.75, 3.05) is 0 Å². The van der Waals surface area contributed by atoms with E-state index in [0.29, 0.717) is 6.42 Å². The lowest BCUT2D eigenvalue weighted by molar-refractivity contribution is -0.148. The third-order valence-electron chi connectivity index (χ3n) is 3.69. The van der Waals surface area contributed by atoms with Crippen molar-refractivity contribution in [1.82, 2.24) is 19.8 Å². The molecule has 0 radical (unpaired) electrons. The van der Waals surface area contributed by atoms with Crippen LogP contribution in [-0.4, -0.2) is 30.9 Å². The molecule has 0 saturated heterocycles. The summed E-state index contributed by atoms with van der Waals surface area (Å²) in [6, 6.07) is 0. The molecule has 0 aromatic carbocycles. The second-order valence-electron chi connectivity index (χ2n) is 4.91. The highest BCUT2D eigenvalue weighted by atomic mass is 32.1. The first-order chi connectivity index (χ1) is 8.61. The van der Waals surface area contributed by atoms with Crippen molar-refractivity contribution in [3.05, 3.63) is 10.8 Å². The molecule has 2 aromatic heterocycles. The van der Waals surface area contributed by atoms with E-state index < -0.39 is 11.4 Å². The maximum atomic E-state index is 11.5. The van der Waals surface area contributed by atoms with Crippen molar-refractivity contribution < 1.29 is 9.90 Å². The lowest BCUT2D eigenvalue weighted by Crippen LogP contribution is -2.30. The monoisotopic (exact) mass is 266 g/mol. The third kappa shape index (κ3) is 1.69. The Morgan fingerprint density at radius 2 is 2.17 bits per heavy atom. The van der Waals surface area contributed by atoms with E-state index in [1.54, 1.807) is 4.52 Å². The fourth-order valence-electron chi connectivity index (χ4n) is 2.63. The Hall–Kier alpha value is -1.50. The van der Waals surface area contributed by atoms with E-state index in [4.69, 9.17) is 0 Å². The van der Waals surface area contributed by atoms with Crippen LogP contribution >= 0.6 is 11.3 Å². The van der Waals surface area contributed by atoms with Crippen LogP contribution in [0.5, 0.6) is 0 Å². The van der Waals surface area contributed by atoms with Gasteiger partial charge in [-0.2, -0.15) is 9.61 Å². The van der Waals surface area contributed by atoms with Gasteiger partial charge < -0.3 is 5.11 Å². The Bertz CT molecular complexity index is 597. The molecular weight excluding hydrogens is 252 g/mol. The molecule has 2 heterocycles. The van der Waals surface area contributed by atoms with Gasteiger partial charge in [0.05, 0.1) is 5.41 Å². The van der Waals surface area contributed by atoms with Crippen LogP contribution in [0.25, 0.3) is 4.96 Å². The van der Waals surface area contributed by atoms with Gasteiger partial charge in [0.2, 0.25) is 4.96 Å². The average Bonchev–Trinajstić information content (AvgIpc) is 2.99. The zero-order valence-electron chi connectivity index (χ0n) is 10.1. The largest absolute Gasteiger partial charge is 0.481 e. The van der Waals surface area contributed by atoms with Gasteiger partial charge in [-0.1, -0.05) is 24.2 Å². The van der Waals surface area contributed by atoms with Crippen molar-refractivity contribution in [3.63, 3.8) is 0 Å². The second-order valence-corrected chi connectivity index (χ2v) is 5.95. The van der Waals surface area contributed by atoms with Crippen molar-refractivity contribution in [2.45, 2.75) is 39.0 Å². The van der Waals surface area contributed by atoms with E-state index in [-0.39, 0.29) is 0 Å². The molecule has 1 saturated carbocycles. The summed E-state index contributed by atoms with van der Waals surface area (Å²) in [6.45, 7) is 1.84. The number of hydrogen-bond acceptors (Lipinski definition) is 5. The molecule has 1 aliphatic carbocycles. The van der Waals surface area contributed by atoms with Gasteiger partial charge in [0.25, 0.3) is 0 Å². The minimum absolute atomic E-state index is 0.510. The van der Waals surface area contributed by atoms with Crippen molar-refractivity contribution >= 4 is 22.3 Å². The number of carbonyl (C=O) groups is 1. The molecular formula is C11H14N4O2S. The number of nitrogens with zero attached hydrogens (tertiary/aromatic N) is 4. The molecule has 1 aliphatic rings. The van der Waals surface area contributed by atoms with E-state index in [0.717, 1.165) is 41.5 Å². The topological polar surface area (TPSA) is 80.4 Å². The van der Waals surface area contributed by atoms with E-state index in [9.17, 15) is 9.90 Å². The quantitative estimate of drug-likeness (QED) is 0.914. The number of carboxylic acids is 1. The summed E-state index contributed by atoms with van der Waals surface area (Å²) < 4.78 is 1.69. The van der Waals surface area contributed by atoms with Gasteiger partial charge in [0, 0.05) is 6.42 Å². The summed E-state index contributed by atoms with van der Waals surface area (Å²) in [6.07, 6.45) is 4.00. The molecule has 0 atom stereocenters. The molecule has 18 heavy (non-hydrogen) atoms. The van der Waals surface area contributed by atoms with Gasteiger partial charge in [0.15, 0.2) is 5.82 Å². The van der Waals surface area contributed by atoms with Gasteiger partial charge in [-0.05, 0) is 19.8 Å². The van der Waals surface area contributed by atoms with E-state index in [1.165, 1.54) is 11.3 Å². The van der Waals surface area contributed by atoms with Crippen LogP contribution in [0, 0.1) is 12.3 Å². The van der Waals surface area contributed by atoms with Crippen LogP contribution in [0.4, 0.5) is 0 Å². The molecule has 3 rings (SSSR count). The standard InChI is InChI=1S/C11H14N4O2S/c1-7-12-13-10-15(7)14-8(18-10)6-11(9(16)17)4-2-3-5-11/h2-6H2,1H3,(H,16,17). The third-order valence-corrected chi connectivity index (χ3v) is 4.59. The minimum Gasteiger partial charge on any atom is -0.481 e. The fraction of sp³-hybridized carbons (Fsp3) is 0.636. The summed E-state index contributed by atoms with van der Waals surface area (Å²) in [5.41, 5.74) is -0.614. The Kier molecular flexibility index (Phi) is 2.58. The van der Waals surface area contributed by atoms with Gasteiger partial charge >= 0.3 is 5.97 Å². The van der Waals surface area contributed by atoms with Gasteiger partial charge in [-0.25, -0.2) is 0 Å². The van der Waals surface area contributed by atoms with Crippen LogP contribution in [0.1, 0.15) is 36.5 Å². The zero-order chi connectivity index (χ0) is 12.8. The highest BCUT2D eigenvalue weighted by molar-refractivity contribution is 7.16. The Balaban J connectivity index is 1.92. The molecule has 1 fully saturated rings. The number of hydrogen-bond donors (Lipinski definition) is 1. The summed E-state index contributed by atoms with van der Waals surface area (Å²) in [7, 11) is 0. The van der Waals surface area contributed by atoms with Crippen LogP contribution in [0.3, 0.4) is 0 Å². The SMILES string of the molecule is Cc1nnc2sc(CC3(C(=O)O)CCCC3)nn12. The molecule has 0 spiro atoms. The molecule has 96 valence electrons. The molecule has 0 unspecified atom stereocenters. The molecule has 0 aliphatic heterocycles. The van der Waals surface area contributed by atoms with E-state index in [1.807, 2.05) is 6.92 Å².